The lowest BCUT2D eigenvalue weighted by atomic mass is 10.2. The van der Waals surface area contributed by atoms with Crippen LogP contribution in [-0.2, 0) is 0 Å². The summed E-state index contributed by atoms with van der Waals surface area (Å²) in [7, 11) is 0. The summed E-state index contributed by atoms with van der Waals surface area (Å²) in [6, 6.07) is 3.50. The molecule has 0 aliphatic heterocycles. The Hall–Kier alpha value is -0.930. The van der Waals surface area contributed by atoms with Gasteiger partial charge >= 0.3 is 0 Å². The van der Waals surface area contributed by atoms with Gasteiger partial charge in [0.1, 0.15) is 0 Å². The summed E-state index contributed by atoms with van der Waals surface area (Å²) < 4.78 is 0. The van der Waals surface area contributed by atoms with Crippen LogP contribution in [0.1, 0.15) is 11.7 Å². The van der Waals surface area contributed by atoms with Gasteiger partial charge in [-0.25, -0.2) is 0 Å². The molecule has 0 aromatic carbocycles. The van der Waals surface area contributed by atoms with Gasteiger partial charge in [0.15, 0.2) is 0 Å². The largest absolute Gasteiger partial charge is 0.387 e. The first kappa shape index (κ1) is 7.18. The van der Waals surface area contributed by atoms with Crippen LogP contribution in [0.4, 0.5) is 0 Å². The van der Waals surface area contributed by atoms with Crippen LogP contribution in [0.3, 0.4) is 0 Å². The summed E-state index contributed by atoms with van der Waals surface area (Å²) in [5.74, 6) is 0. The van der Waals surface area contributed by atoms with Crippen LogP contribution >= 0.6 is 0 Å². The molecule has 0 aliphatic rings. The lowest BCUT2D eigenvalue weighted by molar-refractivity contribution is 0.184. The lowest BCUT2D eigenvalue weighted by Crippen LogP contribution is -2.03. The van der Waals surface area contributed by atoms with Gasteiger partial charge in [0.05, 0.1) is 6.10 Å². The predicted molar refractivity (Wildman–Crippen MR) is 37.2 cm³/mol. The lowest BCUT2D eigenvalue weighted by Gasteiger charge is -2.04. The number of aliphatic hydroxyl groups is 1. The van der Waals surface area contributed by atoms with Crippen LogP contribution in [0.25, 0.3) is 0 Å². The van der Waals surface area contributed by atoms with Crippen molar-refractivity contribution in [2.45, 2.75) is 6.10 Å². The highest BCUT2D eigenvalue weighted by Gasteiger charge is 2.02. The van der Waals surface area contributed by atoms with Gasteiger partial charge in [-0.1, -0.05) is 6.07 Å². The van der Waals surface area contributed by atoms with E-state index in [1.54, 1.807) is 24.5 Å². The quantitative estimate of drug-likeness (QED) is 0.641. The fourth-order valence-corrected chi connectivity index (χ4v) is 0.691. The molecular weight excluding hydrogens is 128 g/mol. The first-order valence-electron chi connectivity index (χ1n) is 3.07. The Kier molecular flexibility index (Phi) is 2.36. The third-order valence-electron chi connectivity index (χ3n) is 1.26. The van der Waals surface area contributed by atoms with Crippen LogP contribution in [0, 0.1) is 0 Å². The molecule has 1 rings (SSSR count). The van der Waals surface area contributed by atoms with Crippen molar-refractivity contribution in [2.75, 3.05) is 6.54 Å². The molecule has 10 heavy (non-hydrogen) atoms. The molecular formula is C7H9N2O. The van der Waals surface area contributed by atoms with Gasteiger partial charge in [0, 0.05) is 24.5 Å². The van der Waals surface area contributed by atoms with Gasteiger partial charge in [0.25, 0.3) is 0 Å². The fraction of sp³-hybridized carbons (Fsp3) is 0.286. The maximum Gasteiger partial charge on any atom is 0.0943 e. The van der Waals surface area contributed by atoms with E-state index in [1.807, 2.05) is 0 Å². The number of hydrogen-bond donors (Lipinski definition) is 1. The summed E-state index contributed by atoms with van der Waals surface area (Å²) in [5.41, 5.74) is 7.57. The molecule has 53 valence electrons. The number of aliphatic hydroxyl groups excluding tert-OH is 1. The van der Waals surface area contributed by atoms with E-state index < -0.39 is 6.10 Å². The molecule has 0 aliphatic carbocycles. The second-order valence-electron chi connectivity index (χ2n) is 2.01. The molecule has 1 unspecified atom stereocenters. The van der Waals surface area contributed by atoms with Crippen LogP contribution < -0.4 is 5.73 Å². The van der Waals surface area contributed by atoms with Gasteiger partial charge in [-0.3, -0.25) is 10.7 Å². The normalized spacial score (nSPS) is 13.0. The Morgan fingerprint density at radius 2 is 2.50 bits per heavy atom. The SMILES string of the molecule is [NH]CC(O)c1cccnc1. The van der Waals surface area contributed by atoms with Crippen molar-refractivity contribution >= 4 is 0 Å². The zero-order valence-corrected chi connectivity index (χ0v) is 5.49. The first-order chi connectivity index (χ1) is 4.84. The van der Waals surface area contributed by atoms with Gasteiger partial charge in [-0.05, 0) is 6.07 Å². The minimum Gasteiger partial charge on any atom is -0.387 e. The zero-order chi connectivity index (χ0) is 7.40. The van der Waals surface area contributed by atoms with Crippen LogP contribution in [-0.4, -0.2) is 16.6 Å². The van der Waals surface area contributed by atoms with Crippen molar-refractivity contribution in [1.82, 2.24) is 10.7 Å². The highest BCUT2D eigenvalue weighted by atomic mass is 16.3. The molecule has 1 heterocycles. The van der Waals surface area contributed by atoms with Gasteiger partial charge in [0.2, 0.25) is 0 Å². The molecule has 1 atom stereocenters. The summed E-state index contributed by atoms with van der Waals surface area (Å²) in [6.45, 7) is -0.00824. The van der Waals surface area contributed by atoms with Crippen molar-refractivity contribution in [3.8, 4) is 0 Å². The van der Waals surface area contributed by atoms with Crippen LogP contribution in [0.5, 0.6) is 0 Å². The Morgan fingerprint density at radius 1 is 1.70 bits per heavy atom. The number of pyridine rings is 1. The molecule has 0 saturated heterocycles. The second-order valence-corrected chi connectivity index (χ2v) is 2.01. The minimum atomic E-state index is -0.686. The van der Waals surface area contributed by atoms with E-state index in [1.165, 1.54) is 0 Å². The Labute approximate surface area is 59.5 Å². The molecule has 3 heteroatoms. The molecule has 1 aromatic rings. The number of nitrogens with zero attached hydrogens (tertiary/aromatic N) is 1. The van der Waals surface area contributed by atoms with Gasteiger partial charge < -0.3 is 5.11 Å². The number of nitrogens with one attached hydrogen (secondary N) is 1. The topological polar surface area (TPSA) is 56.9 Å². The minimum absolute atomic E-state index is 0.00824. The highest BCUT2D eigenvalue weighted by molar-refractivity contribution is 5.11. The van der Waals surface area contributed by atoms with Gasteiger partial charge in [-0.2, -0.15) is 0 Å². The van der Waals surface area contributed by atoms with E-state index in [0.717, 1.165) is 0 Å². The third kappa shape index (κ3) is 1.52. The second kappa shape index (κ2) is 3.29. The van der Waals surface area contributed by atoms with Crippen molar-refractivity contribution < 1.29 is 5.11 Å². The van der Waals surface area contributed by atoms with E-state index in [2.05, 4.69) is 4.98 Å². The van der Waals surface area contributed by atoms with Crippen molar-refractivity contribution in [1.29, 1.82) is 0 Å². The molecule has 2 N–H and O–H groups in total. The van der Waals surface area contributed by atoms with E-state index in [-0.39, 0.29) is 6.54 Å². The van der Waals surface area contributed by atoms with E-state index in [4.69, 9.17) is 10.8 Å². The summed E-state index contributed by atoms with van der Waals surface area (Å²) >= 11 is 0. The summed E-state index contributed by atoms with van der Waals surface area (Å²) in [5, 5.41) is 9.10. The van der Waals surface area contributed by atoms with Crippen molar-refractivity contribution in [2.24, 2.45) is 0 Å². The van der Waals surface area contributed by atoms with Crippen LogP contribution in [0.15, 0.2) is 24.5 Å². The first-order valence-corrected chi connectivity index (χ1v) is 3.07. The fourth-order valence-electron chi connectivity index (χ4n) is 0.691. The van der Waals surface area contributed by atoms with Crippen molar-refractivity contribution in [3.05, 3.63) is 30.1 Å². The van der Waals surface area contributed by atoms with Crippen molar-refractivity contribution in [3.63, 3.8) is 0 Å². The number of rotatable bonds is 2. The average Bonchev–Trinajstić information content (AvgIpc) is 2.05. The Morgan fingerprint density at radius 3 is 3.00 bits per heavy atom. The smallest absolute Gasteiger partial charge is 0.0943 e. The van der Waals surface area contributed by atoms with E-state index >= 15 is 0 Å². The molecule has 1 aromatic heterocycles. The van der Waals surface area contributed by atoms with E-state index in [9.17, 15) is 0 Å². The van der Waals surface area contributed by atoms with E-state index in [0.29, 0.717) is 5.56 Å². The monoisotopic (exact) mass is 137 g/mol. The van der Waals surface area contributed by atoms with Gasteiger partial charge in [-0.15, -0.1) is 0 Å². The Bertz CT molecular complexity index is 188. The molecule has 0 saturated carbocycles. The maximum absolute atomic E-state index is 9.10. The molecule has 0 amide bonds. The summed E-state index contributed by atoms with van der Waals surface area (Å²) in [6.07, 6.45) is 2.52. The third-order valence-corrected chi connectivity index (χ3v) is 1.26. The zero-order valence-electron chi connectivity index (χ0n) is 5.49. The predicted octanol–water partition coefficient (Wildman–Crippen LogP) is 0.398. The molecule has 0 fully saturated rings. The molecule has 1 radical (unpaired) electrons. The molecule has 0 spiro atoms. The Balaban J connectivity index is 2.75. The average molecular weight is 137 g/mol. The molecule has 0 bridgehead atoms. The summed E-state index contributed by atoms with van der Waals surface area (Å²) in [4.78, 5) is 3.81. The standard InChI is InChI=1S/C7H9N2O/c8-4-7(10)6-2-1-3-9-5-6/h1-3,5,7-8,10H,4H2. The molecule has 3 nitrogen and oxygen atoms in total. The maximum atomic E-state index is 9.10. The van der Waals surface area contributed by atoms with Crippen LogP contribution in [0.2, 0.25) is 0 Å². The number of aromatic nitrogens is 1. The highest BCUT2D eigenvalue weighted by Crippen LogP contribution is 2.07. The number of hydrogen-bond acceptors (Lipinski definition) is 2.